The molecule has 0 fully saturated rings. The summed E-state index contributed by atoms with van der Waals surface area (Å²) in [6, 6.07) is 5.73. The number of benzene rings is 1. The van der Waals surface area contributed by atoms with Crippen molar-refractivity contribution in [2.75, 3.05) is 25.5 Å². The van der Waals surface area contributed by atoms with Crippen LogP contribution in [-0.4, -0.2) is 42.9 Å². The summed E-state index contributed by atoms with van der Waals surface area (Å²) in [4.78, 5) is 24.8. The lowest BCUT2D eigenvalue weighted by molar-refractivity contribution is -0.123. The van der Waals surface area contributed by atoms with Crippen LogP contribution in [0.1, 0.15) is 13.8 Å². The topological polar surface area (TPSA) is 61.4 Å². The second kappa shape index (κ2) is 7.59. The van der Waals surface area contributed by atoms with E-state index in [0.29, 0.717) is 5.69 Å². The molecule has 5 nitrogen and oxygen atoms in total. The normalized spacial score (nSPS) is 10.7. The molecule has 0 radical (unpaired) electrons. The van der Waals surface area contributed by atoms with Gasteiger partial charge in [-0.05, 0) is 39.1 Å². The summed E-state index contributed by atoms with van der Waals surface area (Å²) < 4.78 is 13.0. The molecule has 0 bridgehead atoms. The van der Waals surface area contributed by atoms with Crippen LogP contribution in [0.3, 0.4) is 0 Å². The molecule has 0 atom stereocenters. The Morgan fingerprint density at radius 1 is 1.25 bits per heavy atom. The minimum atomic E-state index is -0.410. The minimum absolute atomic E-state index is 0.0576. The SMILES string of the molecule is CC(C)NC(=O)CN(C)CC(=O)Nc1cccc(F)c1. The van der Waals surface area contributed by atoms with E-state index >= 15 is 0 Å². The molecule has 0 unspecified atom stereocenters. The van der Waals surface area contributed by atoms with E-state index in [1.807, 2.05) is 13.8 Å². The first kappa shape index (κ1) is 16.1. The fraction of sp³-hybridized carbons (Fsp3) is 0.429. The van der Waals surface area contributed by atoms with Gasteiger partial charge in [-0.2, -0.15) is 0 Å². The molecule has 0 saturated heterocycles. The zero-order chi connectivity index (χ0) is 15.1. The number of likely N-dealkylation sites (N-methyl/N-ethyl adjacent to an activating group) is 1. The third kappa shape index (κ3) is 6.29. The van der Waals surface area contributed by atoms with Gasteiger partial charge in [0.1, 0.15) is 5.82 Å². The largest absolute Gasteiger partial charge is 0.353 e. The molecule has 1 aromatic rings. The molecule has 0 heterocycles. The van der Waals surface area contributed by atoms with Crippen LogP contribution in [0, 0.1) is 5.82 Å². The zero-order valence-electron chi connectivity index (χ0n) is 11.9. The molecular weight excluding hydrogens is 261 g/mol. The van der Waals surface area contributed by atoms with Crippen molar-refractivity contribution >= 4 is 17.5 Å². The van der Waals surface area contributed by atoms with Gasteiger partial charge in [0.05, 0.1) is 13.1 Å². The summed E-state index contributed by atoms with van der Waals surface area (Å²) >= 11 is 0. The highest BCUT2D eigenvalue weighted by molar-refractivity contribution is 5.92. The number of carbonyl (C=O) groups excluding carboxylic acids is 2. The van der Waals surface area contributed by atoms with Gasteiger partial charge in [0.2, 0.25) is 11.8 Å². The Labute approximate surface area is 118 Å². The molecule has 0 aliphatic rings. The van der Waals surface area contributed by atoms with Crippen molar-refractivity contribution in [3.63, 3.8) is 0 Å². The molecule has 2 N–H and O–H groups in total. The zero-order valence-corrected chi connectivity index (χ0v) is 11.9. The van der Waals surface area contributed by atoms with E-state index in [0.717, 1.165) is 0 Å². The lowest BCUT2D eigenvalue weighted by atomic mass is 10.3. The number of hydrogen-bond donors (Lipinski definition) is 2. The van der Waals surface area contributed by atoms with Crippen molar-refractivity contribution in [2.24, 2.45) is 0 Å². The first-order valence-electron chi connectivity index (χ1n) is 6.40. The van der Waals surface area contributed by atoms with E-state index in [1.54, 1.807) is 18.0 Å². The van der Waals surface area contributed by atoms with Crippen molar-refractivity contribution in [3.8, 4) is 0 Å². The molecule has 1 rings (SSSR count). The van der Waals surface area contributed by atoms with Crippen molar-refractivity contribution in [1.82, 2.24) is 10.2 Å². The third-order valence-corrected chi connectivity index (χ3v) is 2.39. The molecule has 0 aliphatic heterocycles. The van der Waals surface area contributed by atoms with Crippen LogP contribution < -0.4 is 10.6 Å². The Kier molecular flexibility index (Phi) is 6.11. The van der Waals surface area contributed by atoms with Gasteiger partial charge in [-0.1, -0.05) is 6.07 Å². The lowest BCUT2D eigenvalue weighted by Gasteiger charge is -2.17. The van der Waals surface area contributed by atoms with E-state index in [-0.39, 0.29) is 30.9 Å². The van der Waals surface area contributed by atoms with E-state index in [9.17, 15) is 14.0 Å². The first-order chi connectivity index (χ1) is 9.36. The van der Waals surface area contributed by atoms with Crippen LogP contribution in [0.4, 0.5) is 10.1 Å². The van der Waals surface area contributed by atoms with Gasteiger partial charge in [0, 0.05) is 11.7 Å². The van der Waals surface area contributed by atoms with Crippen molar-refractivity contribution < 1.29 is 14.0 Å². The summed E-state index contributed by atoms with van der Waals surface area (Å²) in [5.74, 6) is -0.844. The summed E-state index contributed by atoms with van der Waals surface area (Å²) in [5, 5.41) is 5.32. The highest BCUT2D eigenvalue weighted by Gasteiger charge is 2.11. The van der Waals surface area contributed by atoms with Crippen LogP contribution in [0.2, 0.25) is 0 Å². The van der Waals surface area contributed by atoms with Gasteiger partial charge < -0.3 is 10.6 Å². The van der Waals surface area contributed by atoms with Crippen LogP contribution in [0.25, 0.3) is 0 Å². The molecule has 20 heavy (non-hydrogen) atoms. The van der Waals surface area contributed by atoms with Gasteiger partial charge in [0.25, 0.3) is 0 Å². The highest BCUT2D eigenvalue weighted by Crippen LogP contribution is 2.08. The van der Waals surface area contributed by atoms with Crippen LogP contribution in [0.15, 0.2) is 24.3 Å². The van der Waals surface area contributed by atoms with Gasteiger partial charge in [-0.25, -0.2) is 4.39 Å². The fourth-order valence-corrected chi connectivity index (χ4v) is 1.68. The quantitative estimate of drug-likeness (QED) is 0.824. The van der Waals surface area contributed by atoms with Gasteiger partial charge in [-0.3, -0.25) is 14.5 Å². The average molecular weight is 281 g/mol. The summed E-state index contributed by atoms with van der Waals surface area (Å²) in [6.07, 6.45) is 0. The first-order valence-corrected chi connectivity index (χ1v) is 6.40. The molecule has 6 heteroatoms. The van der Waals surface area contributed by atoms with E-state index in [2.05, 4.69) is 10.6 Å². The molecule has 0 saturated carbocycles. The summed E-state index contributed by atoms with van der Waals surface area (Å²) in [6.45, 7) is 3.93. The predicted molar refractivity (Wildman–Crippen MR) is 75.8 cm³/mol. The molecule has 110 valence electrons. The Bertz CT molecular complexity index is 477. The number of amides is 2. The highest BCUT2D eigenvalue weighted by atomic mass is 19.1. The second-order valence-electron chi connectivity index (χ2n) is 4.95. The van der Waals surface area contributed by atoms with Gasteiger partial charge >= 0.3 is 0 Å². The van der Waals surface area contributed by atoms with E-state index in [4.69, 9.17) is 0 Å². The molecule has 0 spiro atoms. The predicted octanol–water partition coefficient (Wildman–Crippen LogP) is 1.22. The Hall–Kier alpha value is -1.95. The maximum atomic E-state index is 13.0. The summed E-state index contributed by atoms with van der Waals surface area (Å²) in [7, 11) is 1.67. The maximum Gasteiger partial charge on any atom is 0.238 e. The Balaban J connectivity index is 2.40. The molecule has 0 aromatic heterocycles. The van der Waals surface area contributed by atoms with Crippen LogP contribution >= 0.6 is 0 Å². The van der Waals surface area contributed by atoms with E-state index < -0.39 is 5.82 Å². The number of halogens is 1. The Morgan fingerprint density at radius 3 is 2.50 bits per heavy atom. The van der Waals surface area contributed by atoms with Crippen molar-refractivity contribution in [3.05, 3.63) is 30.1 Å². The van der Waals surface area contributed by atoms with Crippen molar-refractivity contribution in [1.29, 1.82) is 0 Å². The molecule has 2 amide bonds. The number of hydrogen-bond acceptors (Lipinski definition) is 3. The van der Waals surface area contributed by atoms with Gasteiger partial charge in [0.15, 0.2) is 0 Å². The summed E-state index contributed by atoms with van der Waals surface area (Å²) in [5.41, 5.74) is 0.398. The third-order valence-electron chi connectivity index (χ3n) is 2.39. The van der Waals surface area contributed by atoms with Crippen LogP contribution in [0.5, 0.6) is 0 Å². The number of nitrogens with zero attached hydrogens (tertiary/aromatic N) is 1. The maximum absolute atomic E-state index is 13.0. The molecule has 0 aliphatic carbocycles. The number of anilines is 1. The average Bonchev–Trinajstić information content (AvgIpc) is 2.26. The molecule has 1 aromatic carbocycles. The van der Waals surface area contributed by atoms with Gasteiger partial charge in [-0.15, -0.1) is 0 Å². The lowest BCUT2D eigenvalue weighted by Crippen LogP contribution is -2.41. The molecular formula is C14H20FN3O2. The smallest absolute Gasteiger partial charge is 0.238 e. The Morgan fingerprint density at radius 2 is 1.90 bits per heavy atom. The second-order valence-corrected chi connectivity index (χ2v) is 4.95. The van der Waals surface area contributed by atoms with Crippen LogP contribution in [-0.2, 0) is 9.59 Å². The van der Waals surface area contributed by atoms with Crippen molar-refractivity contribution in [2.45, 2.75) is 19.9 Å². The minimum Gasteiger partial charge on any atom is -0.353 e. The number of carbonyl (C=O) groups is 2. The number of nitrogens with one attached hydrogen (secondary N) is 2. The van der Waals surface area contributed by atoms with E-state index in [1.165, 1.54) is 18.2 Å². The standard InChI is InChI=1S/C14H20FN3O2/c1-10(2)16-13(19)8-18(3)9-14(20)17-12-6-4-5-11(15)7-12/h4-7,10H,8-9H2,1-3H3,(H,16,19)(H,17,20). The monoisotopic (exact) mass is 281 g/mol. The number of rotatable bonds is 6. The fourth-order valence-electron chi connectivity index (χ4n) is 1.68.